The standard InChI is InChI=1S/C16H16N6O2S/c1-2-5-11-13(25-21-19-11)16(23)22-8-10(9-22)15-18-14(20-24-15)12-6-3-4-7-17-12/h3-4,6-7,10H,2,5,8-9H2,1H3. The molecule has 128 valence electrons. The Hall–Kier alpha value is -2.68. The van der Waals surface area contributed by atoms with Crippen LogP contribution in [0.15, 0.2) is 28.9 Å². The monoisotopic (exact) mass is 356 g/mol. The lowest BCUT2D eigenvalue weighted by molar-refractivity contribution is 0.0573. The first kappa shape index (κ1) is 15.8. The molecule has 1 fully saturated rings. The molecule has 0 aliphatic carbocycles. The van der Waals surface area contributed by atoms with Gasteiger partial charge in [-0.05, 0) is 30.1 Å². The van der Waals surface area contributed by atoms with Gasteiger partial charge in [0.15, 0.2) is 0 Å². The highest BCUT2D eigenvalue weighted by Gasteiger charge is 2.37. The van der Waals surface area contributed by atoms with E-state index in [9.17, 15) is 4.79 Å². The first-order chi connectivity index (χ1) is 12.3. The van der Waals surface area contributed by atoms with Gasteiger partial charge in [0.1, 0.15) is 10.6 Å². The van der Waals surface area contributed by atoms with Gasteiger partial charge in [-0.15, -0.1) is 5.10 Å². The second kappa shape index (κ2) is 6.67. The topological polar surface area (TPSA) is 97.9 Å². The van der Waals surface area contributed by atoms with E-state index < -0.39 is 0 Å². The summed E-state index contributed by atoms with van der Waals surface area (Å²) in [5.41, 5.74) is 1.46. The van der Waals surface area contributed by atoms with E-state index in [-0.39, 0.29) is 11.8 Å². The predicted octanol–water partition coefficient (Wildman–Crippen LogP) is 2.18. The molecule has 3 aromatic rings. The summed E-state index contributed by atoms with van der Waals surface area (Å²) in [6.45, 7) is 3.18. The summed E-state index contributed by atoms with van der Waals surface area (Å²) in [7, 11) is 0. The molecule has 1 aliphatic heterocycles. The molecule has 0 spiro atoms. The zero-order valence-corrected chi connectivity index (χ0v) is 14.4. The highest BCUT2D eigenvalue weighted by atomic mass is 32.1. The molecule has 25 heavy (non-hydrogen) atoms. The Morgan fingerprint density at radius 1 is 1.40 bits per heavy atom. The maximum absolute atomic E-state index is 12.6. The molecule has 1 aliphatic rings. The van der Waals surface area contributed by atoms with E-state index in [2.05, 4.69) is 31.6 Å². The fourth-order valence-corrected chi connectivity index (χ4v) is 3.39. The van der Waals surface area contributed by atoms with E-state index in [1.54, 1.807) is 11.1 Å². The molecule has 3 aromatic heterocycles. The van der Waals surface area contributed by atoms with E-state index >= 15 is 0 Å². The number of carbonyl (C=O) groups is 1. The third kappa shape index (κ3) is 3.02. The van der Waals surface area contributed by atoms with Gasteiger partial charge in [-0.1, -0.05) is 29.1 Å². The molecule has 4 heterocycles. The minimum absolute atomic E-state index is 0.0147. The molecule has 0 N–H and O–H groups in total. The molecule has 0 radical (unpaired) electrons. The Kier molecular flexibility index (Phi) is 4.22. The number of hydrogen-bond donors (Lipinski definition) is 0. The molecule has 0 saturated carbocycles. The zero-order chi connectivity index (χ0) is 17.2. The molecule has 0 aromatic carbocycles. The molecule has 0 bridgehead atoms. The SMILES string of the molecule is CCCc1nnsc1C(=O)N1CC(c2nc(-c3ccccn3)no2)C1. The number of rotatable bonds is 5. The molecular formula is C16H16N6O2S. The Balaban J connectivity index is 1.41. The fourth-order valence-electron chi connectivity index (χ4n) is 2.72. The minimum Gasteiger partial charge on any atom is -0.338 e. The quantitative estimate of drug-likeness (QED) is 0.691. The van der Waals surface area contributed by atoms with Crippen molar-refractivity contribution in [2.24, 2.45) is 0 Å². The number of hydrogen-bond acceptors (Lipinski definition) is 8. The van der Waals surface area contributed by atoms with Crippen molar-refractivity contribution in [2.75, 3.05) is 13.1 Å². The van der Waals surface area contributed by atoms with E-state index in [1.807, 2.05) is 18.2 Å². The molecular weight excluding hydrogens is 340 g/mol. The fraction of sp³-hybridized carbons (Fsp3) is 0.375. The first-order valence-electron chi connectivity index (χ1n) is 8.11. The van der Waals surface area contributed by atoms with Crippen LogP contribution in [0.4, 0.5) is 0 Å². The number of carbonyl (C=O) groups excluding carboxylic acids is 1. The van der Waals surface area contributed by atoms with Crippen LogP contribution in [0, 0.1) is 0 Å². The number of nitrogens with zero attached hydrogens (tertiary/aromatic N) is 6. The van der Waals surface area contributed by atoms with Crippen LogP contribution in [0.3, 0.4) is 0 Å². The lowest BCUT2D eigenvalue weighted by atomic mass is 9.99. The number of pyridine rings is 1. The summed E-state index contributed by atoms with van der Waals surface area (Å²) in [6.07, 6.45) is 3.39. The molecule has 8 nitrogen and oxygen atoms in total. The lowest BCUT2D eigenvalue weighted by Gasteiger charge is -2.36. The van der Waals surface area contributed by atoms with Crippen molar-refractivity contribution in [3.8, 4) is 11.5 Å². The highest BCUT2D eigenvalue weighted by Crippen LogP contribution is 2.29. The molecule has 1 saturated heterocycles. The van der Waals surface area contributed by atoms with Crippen LogP contribution >= 0.6 is 11.5 Å². The second-order valence-electron chi connectivity index (χ2n) is 5.88. The number of aryl methyl sites for hydroxylation is 1. The zero-order valence-electron chi connectivity index (χ0n) is 13.6. The second-order valence-corrected chi connectivity index (χ2v) is 6.63. The first-order valence-corrected chi connectivity index (χ1v) is 8.89. The number of aromatic nitrogens is 5. The van der Waals surface area contributed by atoms with E-state index in [4.69, 9.17) is 4.52 Å². The van der Waals surface area contributed by atoms with Crippen molar-refractivity contribution in [3.63, 3.8) is 0 Å². The Morgan fingerprint density at radius 2 is 2.28 bits per heavy atom. The minimum atomic E-state index is -0.0147. The maximum Gasteiger partial charge on any atom is 0.267 e. The summed E-state index contributed by atoms with van der Waals surface area (Å²) >= 11 is 1.16. The van der Waals surface area contributed by atoms with Gasteiger partial charge in [0.2, 0.25) is 11.7 Å². The third-order valence-corrected chi connectivity index (χ3v) is 4.85. The van der Waals surface area contributed by atoms with E-state index in [0.29, 0.717) is 35.4 Å². The molecule has 0 unspecified atom stereocenters. The van der Waals surface area contributed by atoms with Crippen LogP contribution in [-0.2, 0) is 6.42 Å². The largest absolute Gasteiger partial charge is 0.338 e. The van der Waals surface area contributed by atoms with Crippen molar-refractivity contribution in [1.29, 1.82) is 0 Å². The Labute approximate surface area is 148 Å². The van der Waals surface area contributed by atoms with E-state index in [0.717, 1.165) is 30.1 Å². The van der Waals surface area contributed by atoms with Gasteiger partial charge < -0.3 is 9.42 Å². The predicted molar refractivity (Wildman–Crippen MR) is 90.1 cm³/mol. The van der Waals surface area contributed by atoms with Gasteiger partial charge in [-0.3, -0.25) is 9.78 Å². The average Bonchev–Trinajstić information content (AvgIpc) is 3.24. The lowest BCUT2D eigenvalue weighted by Crippen LogP contribution is -2.48. The highest BCUT2D eigenvalue weighted by molar-refractivity contribution is 7.08. The van der Waals surface area contributed by atoms with Gasteiger partial charge in [-0.25, -0.2) is 0 Å². The normalized spacial score (nSPS) is 14.5. The van der Waals surface area contributed by atoms with Gasteiger partial charge in [0.05, 0.1) is 11.6 Å². The van der Waals surface area contributed by atoms with Gasteiger partial charge >= 0.3 is 0 Å². The summed E-state index contributed by atoms with van der Waals surface area (Å²) in [5.74, 6) is 1.06. The van der Waals surface area contributed by atoms with Crippen molar-refractivity contribution in [3.05, 3.63) is 40.9 Å². The molecule has 1 amide bonds. The van der Waals surface area contributed by atoms with E-state index in [1.165, 1.54) is 0 Å². The summed E-state index contributed by atoms with van der Waals surface area (Å²) in [4.78, 5) is 23.6. The van der Waals surface area contributed by atoms with Crippen LogP contribution in [0.2, 0.25) is 0 Å². The van der Waals surface area contributed by atoms with Crippen LogP contribution in [0.1, 0.15) is 40.5 Å². The summed E-state index contributed by atoms with van der Waals surface area (Å²) in [6, 6.07) is 5.54. The van der Waals surface area contributed by atoms with Crippen molar-refractivity contribution < 1.29 is 9.32 Å². The van der Waals surface area contributed by atoms with Crippen molar-refractivity contribution in [2.45, 2.75) is 25.7 Å². The van der Waals surface area contributed by atoms with Crippen LogP contribution in [-0.4, -0.2) is 48.6 Å². The summed E-state index contributed by atoms with van der Waals surface area (Å²) in [5, 5.41) is 8.03. The summed E-state index contributed by atoms with van der Waals surface area (Å²) < 4.78 is 9.26. The van der Waals surface area contributed by atoms with Crippen LogP contribution in [0.5, 0.6) is 0 Å². The molecule has 9 heteroatoms. The van der Waals surface area contributed by atoms with Crippen LogP contribution in [0.25, 0.3) is 11.5 Å². The number of likely N-dealkylation sites (tertiary alicyclic amines) is 1. The van der Waals surface area contributed by atoms with Gasteiger partial charge in [0, 0.05) is 19.3 Å². The smallest absolute Gasteiger partial charge is 0.267 e. The molecule has 4 rings (SSSR count). The van der Waals surface area contributed by atoms with Gasteiger partial charge in [-0.2, -0.15) is 4.98 Å². The van der Waals surface area contributed by atoms with Crippen molar-refractivity contribution in [1.82, 2.24) is 29.6 Å². The average molecular weight is 356 g/mol. The maximum atomic E-state index is 12.6. The number of amides is 1. The van der Waals surface area contributed by atoms with Crippen molar-refractivity contribution >= 4 is 17.4 Å². The Morgan fingerprint density at radius 3 is 3.04 bits per heavy atom. The third-order valence-electron chi connectivity index (χ3n) is 4.09. The van der Waals surface area contributed by atoms with Gasteiger partial charge in [0.25, 0.3) is 5.91 Å². The van der Waals surface area contributed by atoms with Crippen LogP contribution < -0.4 is 0 Å². The Bertz CT molecular complexity index is 872. The molecule has 0 atom stereocenters.